The number of nitrogens with zero attached hydrogens (tertiary/aromatic N) is 2. The number of rotatable bonds is 3. The van der Waals surface area contributed by atoms with Gasteiger partial charge in [0.05, 0.1) is 11.8 Å². The summed E-state index contributed by atoms with van der Waals surface area (Å²) in [5, 5.41) is 14.8. The smallest absolute Gasteiger partial charge is 0.0929 e. The molecular weight excluding hydrogens is 188 g/mol. The van der Waals surface area contributed by atoms with Crippen molar-refractivity contribution in [3.8, 4) is 0 Å². The number of aryl methyl sites for hydroxylation is 1. The highest BCUT2D eigenvalue weighted by atomic mass is 16.3. The van der Waals surface area contributed by atoms with Crippen molar-refractivity contribution in [2.45, 2.75) is 51.7 Å². The first-order chi connectivity index (χ1) is 7.18. The largest absolute Gasteiger partial charge is 0.385 e. The summed E-state index contributed by atoms with van der Waals surface area (Å²) in [5.41, 5.74) is 0.397. The maximum atomic E-state index is 10.5. The minimum Gasteiger partial charge on any atom is -0.385 e. The molecule has 1 aliphatic rings. The normalized spacial score (nSPS) is 31.0. The monoisotopic (exact) mass is 208 g/mol. The molecule has 2 atom stereocenters. The van der Waals surface area contributed by atoms with Crippen LogP contribution in [0.1, 0.15) is 45.1 Å². The minimum atomic E-state index is -0.603. The van der Waals surface area contributed by atoms with Crippen LogP contribution in [0.4, 0.5) is 0 Å². The summed E-state index contributed by atoms with van der Waals surface area (Å²) in [6.45, 7) is 5.13. The SMILES string of the molecule is CCC1CCC(O)(c2cnn(CC)c2)C1. The van der Waals surface area contributed by atoms with Gasteiger partial charge >= 0.3 is 0 Å². The molecule has 1 saturated carbocycles. The van der Waals surface area contributed by atoms with Crippen LogP contribution in [-0.4, -0.2) is 14.9 Å². The number of hydrogen-bond donors (Lipinski definition) is 1. The molecule has 0 aliphatic heterocycles. The second-order valence-electron chi connectivity index (χ2n) is 4.63. The molecule has 1 heterocycles. The van der Waals surface area contributed by atoms with Gasteiger partial charge in [-0.2, -0.15) is 5.10 Å². The summed E-state index contributed by atoms with van der Waals surface area (Å²) in [4.78, 5) is 0. The fourth-order valence-corrected chi connectivity index (χ4v) is 2.51. The molecule has 0 saturated heterocycles. The van der Waals surface area contributed by atoms with Crippen LogP contribution in [-0.2, 0) is 12.1 Å². The highest BCUT2D eigenvalue weighted by Crippen LogP contribution is 2.42. The molecule has 3 nitrogen and oxygen atoms in total. The van der Waals surface area contributed by atoms with Gasteiger partial charge in [0, 0.05) is 18.3 Å². The fourth-order valence-electron chi connectivity index (χ4n) is 2.51. The zero-order valence-electron chi connectivity index (χ0n) is 9.61. The molecule has 84 valence electrons. The first-order valence-corrected chi connectivity index (χ1v) is 5.93. The van der Waals surface area contributed by atoms with Crippen LogP contribution in [0.2, 0.25) is 0 Å². The van der Waals surface area contributed by atoms with Crippen molar-refractivity contribution in [3.63, 3.8) is 0 Å². The highest BCUT2D eigenvalue weighted by Gasteiger charge is 2.38. The summed E-state index contributed by atoms with van der Waals surface area (Å²) in [6, 6.07) is 0. The van der Waals surface area contributed by atoms with Crippen molar-refractivity contribution in [2.24, 2.45) is 5.92 Å². The lowest BCUT2D eigenvalue weighted by Crippen LogP contribution is -2.21. The predicted molar refractivity (Wildman–Crippen MR) is 59.4 cm³/mol. The van der Waals surface area contributed by atoms with Crippen LogP contribution in [0.15, 0.2) is 12.4 Å². The van der Waals surface area contributed by atoms with E-state index >= 15 is 0 Å². The second-order valence-corrected chi connectivity index (χ2v) is 4.63. The number of aromatic nitrogens is 2. The Hall–Kier alpha value is -0.830. The second kappa shape index (κ2) is 3.97. The van der Waals surface area contributed by atoms with Gasteiger partial charge in [0.25, 0.3) is 0 Å². The van der Waals surface area contributed by atoms with Gasteiger partial charge in [-0.1, -0.05) is 13.3 Å². The molecule has 2 rings (SSSR count). The zero-order chi connectivity index (χ0) is 10.9. The molecule has 1 aromatic rings. The van der Waals surface area contributed by atoms with Crippen LogP contribution in [0.5, 0.6) is 0 Å². The van der Waals surface area contributed by atoms with Crippen LogP contribution in [0.25, 0.3) is 0 Å². The maximum Gasteiger partial charge on any atom is 0.0929 e. The van der Waals surface area contributed by atoms with Crippen molar-refractivity contribution < 1.29 is 5.11 Å². The molecular formula is C12H20N2O. The summed E-state index contributed by atoms with van der Waals surface area (Å²) in [7, 11) is 0. The Morgan fingerprint density at radius 1 is 1.60 bits per heavy atom. The molecule has 0 radical (unpaired) electrons. The van der Waals surface area contributed by atoms with E-state index in [0.29, 0.717) is 5.92 Å². The zero-order valence-corrected chi connectivity index (χ0v) is 9.61. The Kier molecular flexibility index (Phi) is 2.83. The Bertz CT molecular complexity index is 334. The van der Waals surface area contributed by atoms with Crippen LogP contribution in [0.3, 0.4) is 0 Å². The van der Waals surface area contributed by atoms with Crippen molar-refractivity contribution in [3.05, 3.63) is 18.0 Å². The summed E-state index contributed by atoms with van der Waals surface area (Å²) >= 11 is 0. The fraction of sp³-hybridized carbons (Fsp3) is 0.750. The molecule has 0 amide bonds. The molecule has 0 bridgehead atoms. The topological polar surface area (TPSA) is 38.1 Å². The van der Waals surface area contributed by atoms with Gasteiger partial charge < -0.3 is 5.11 Å². The minimum absolute atomic E-state index is 0.603. The molecule has 0 spiro atoms. The summed E-state index contributed by atoms with van der Waals surface area (Å²) < 4.78 is 1.88. The first-order valence-electron chi connectivity index (χ1n) is 5.93. The maximum absolute atomic E-state index is 10.5. The average Bonchev–Trinajstić information content (AvgIpc) is 2.84. The number of aliphatic hydroxyl groups is 1. The quantitative estimate of drug-likeness (QED) is 0.827. The molecule has 0 aromatic carbocycles. The van der Waals surface area contributed by atoms with E-state index in [1.165, 1.54) is 6.42 Å². The molecule has 1 fully saturated rings. The summed E-state index contributed by atoms with van der Waals surface area (Å²) in [5.74, 6) is 0.681. The molecule has 1 aromatic heterocycles. The van der Waals surface area contributed by atoms with Gasteiger partial charge in [-0.3, -0.25) is 4.68 Å². The van der Waals surface area contributed by atoms with Crippen LogP contribution < -0.4 is 0 Å². The lowest BCUT2D eigenvalue weighted by Gasteiger charge is -2.20. The molecule has 3 heteroatoms. The van der Waals surface area contributed by atoms with E-state index in [9.17, 15) is 5.11 Å². The van der Waals surface area contributed by atoms with E-state index in [1.807, 2.05) is 17.1 Å². The van der Waals surface area contributed by atoms with Crippen LogP contribution >= 0.6 is 0 Å². The van der Waals surface area contributed by atoms with E-state index in [-0.39, 0.29) is 0 Å². The van der Waals surface area contributed by atoms with Crippen molar-refractivity contribution in [1.29, 1.82) is 0 Å². The van der Waals surface area contributed by atoms with Gasteiger partial charge in [-0.25, -0.2) is 0 Å². The van der Waals surface area contributed by atoms with Crippen molar-refractivity contribution >= 4 is 0 Å². The molecule has 15 heavy (non-hydrogen) atoms. The van der Waals surface area contributed by atoms with Gasteiger partial charge in [0.1, 0.15) is 0 Å². The van der Waals surface area contributed by atoms with E-state index < -0.39 is 5.60 Å². The highest BCUT2D eigenvalue weighted by molar-refractivity contribution is 5.17. The average molecular weight is 208 g/mol. The lowest BCUT2D eigenvalue weighted by atomic mass is 9.93. The Morgan fingerprint density at radius 3 is 2.93 bits per heavy atom. The molecule has 1 aliphatic carbocycles. The Morgan fingerprint density at radius 2 is 2.40 bits per heavy atom. The van der Waals surface area contributed by atoms with Gasteiger partial charge in [-0.05, 0) is 32.1 Å². The van der Waals surface area contributed by atoms with Gasteiger partial charge in [-0.15, -0.1) is 0 Å². The predicted octanol–water partition coefficient (Wildman–Crippen LogP) is 2.30. The lowest BCUT2D eigenvalue weighted by molar-refractivity contribution is 0.0397. The van der Waals surface area contributed by atoms with Gasteiger partial charge in [0.2, 0.25) is 0 Å². The molecule has 2 unspecified atom stereocenters. The van der Waals surface area contributed by atoms with E-state index in [0.717, 1.165) is 31.4 Å². The third-order valence-electron chi connectivity index (χ3n) is 3.66. The third kappa shape index (κ3) is 1.93. The third-order valence-corrected chi connectivity index (χ3v) is 3.66. The van der Waals surface area contributed by atoms with Gasteiger partial charge in [0.15, 0.2) is 0 Å². The summed E-state index contributed by atoms with van der Waals surface area (Å²) in [6.07, 6.45) is 7.91. The van der Waals surface area contributed by atoms with Crippen molar-refractivity contribution in [1.82, 2.24) is 9.78 Å². The van der Waals surface area contributed by atoms with Crippen LogP contribution in [0, 0.1) is 5.92 Å². The van der Waals surface area contributed by atoms with Crippen molar-refractivity contribution in [2.75, 3.05) is 0 Å². The van der Waals surface area contributed by atoms with E-state index in [1.54, 1.807) is 0 Å². The Labute approximate surface area is 91.1 Å². The van der Waals surface area contributed by atoms with E-state index in [4.69, 9.17) is 0 Å². The standard InChI is InChI=1S/C12H20N2O/c1-3-10-5-6-12(15,7-10)11-8-13-14(4-2)9-11/h8-10,15H,3-7H2,1-2H3. The Balaban J connectivity index is 2.16. The first kappa shape index (κ1) is 10.7. The molecule has 1 N–H and O–H groups in total. The van der Waals surface area contributed by atoms with E-state index in [2.05, 4.69) is 18.9 Å². The number of hydrogen-bond acceptors (Lipinski definition) is 2.